The summed E-state index contributed by atoms with van der Waals surface area (Å²) in [5.74, 6) is 0.706. The van der Waals surface area contributed by atoms with E-state index >= 15 is 0 Å². The van der Waals surface area contributed by atoms with Gasteiger partial charge in [0.25, 0.3) is 0 Å². The summed E-state index contributed by atoms with van der Waals surface area (Å²) in [7, 11) is 0. The molecule has 118 valence electrons. The number of likely N-dealkylation sites (N-methyl/N-ethyl adjacent to an activating group) is 1. The minimum Gasteiger partial charge on any atom is -0.367 e. The molecule has 0 saturated carbocycles. The van der Waals surface area contributed by atoms with Crippen LogP contribution < -0.4 is 5.32 Å². The fourth-order valence-electron chi connectivity index (χ4n) is 3.95. The summed E-state index contributed by atoms with van der Waals surface area (Å²) < 4.78 is 0. The fourth-order valence-corrected chi connectivity index (χ4v) is 3.95. The number of rotatable bonds is 3. The molecule has 1 amide bonds. The van der Waals surface area contributed by atoms with Crippen molar-refractivity contribution in [2.75, 3.05) is 6.54 Å². The first kappa shape index (κ1) is 16.1. The van der Waals surface area contributed by atoms with Crippen LogP contribution in [0.4, 0.5) is 0 Å². The molecule has 0 aromatic carbocycles. The summed E-state index contributed by atoms with van der Waals surface area (Å²) in [6.45, 7) is 14.2. The fraction of sp³-hybridized carbons (Fsp3) is 0.722. The van der Waals surface area contributed by atoms with Crippen molar-refractivity contribution in [1.82, 2.24) is 10.2 Å². The van der Waals surface area contributed by atoms with Crippen LogP contribution >= 0.6 is 0 Å². The standard InChI is InChI=1S/C18H30N2O/c1-7-16(21)19-18(6)10-9-14-13(3)11-17(4,5)20(8-2)15(14)12-18/h9,12-13H,7-8,10-11H2,1-6H3,(H,19,21). The van der Waals surface area contributed by atoms with Crippen LogP contribution in [0.1, 0.15) is 60.8 Å². The van der Waals surface area contributed by atoms with E-state index in [2.05, 4.69) is 57.0 Å². The lowest BCUT2D eigenvalue weighted by atomic mass is 9.74. The smallest absolute Gasteiger partial charge is 0.220 e. The lowest BCUT2D eigenvalue weighted by Crippen LogP contribution is -2.52. The molecule has 0 radical (unpaired) electrons. The number of allylic oxidation sites excluding steroid dienone is 1. The Bertz CT molecular complexity index is 489. The third kappa shape index (κ3) is 3.02. The van der Waals surface area contributed by atoms with Crippen molar-refractivity contribution < 1.29 is 4.79 Å². The summed E-state index contributed by atoms with van der Waals surface area (Å²) in [6.07, 6.45) is 7.24. The first-order chi connectivity index (χ1) is 9.72. The van der Waals surface area contributed by atoms with Crippen molar-refractivity contribution in [1.29, 1.82) is 0 Å². The van der Waals surface area contributed by atoms with Gasteiger partial charge in [-0.05, 0) is 58.1 Å². The zero-order valence-corrected chi connectivity index (χ0v) is 14.4. The minimum absolute atomic E-state index is 0.123. The third-order valence-corrected chi connectivity index (χ3v) is 4.92. The highest BCUT2D eigenvalue weighted by molar-refractivity contribution is 5.77. The Labute approximate surface area is 129 Å². The molecule has 1 heterocycles. The molecule has 2 aliphatic rings. The number of nitrogens with one attached hydrogen (secondary N) is 1. The van der Waals surface area contributed by atoms with Gasteiger partial charge in [-0.25, -0.2) is 0 Å². The topological polar surface area (TPSA) is 32.3 Å². The van der Waals surface area contributed by atoms with Gasteiger partial charge in [0.1, 0.15) is 0 Å². The highest BCUT2D eigenvalue weighted by Gasteiger charge is 2.40. The number of hydrogen-bond acceptors (Lipinski definition) is 2. The largest absolute Gasteiger partial charge is 0.367 e. The van der Waals surface area contributed by atoms with E-state index in [0.29, 0.717) is 12.3 Å². The Hall–Kier alpha value is -1.25. The van der Waals surface area contributed by atoms with Crippen molar-refractivity contribution in [2.45, 2.75) is 71.9 Å². The van der Waals surface area contributed by atoms with Gasteiger partial charge in [0, 0.05) is 24.2 Å². The minimum atomic E-state index is -0.257. The summed E-state index contributed by atoms with van der Waals surface area (Å²) in [6, 6.07) is 0. The Morgan fingerprint density at radius 3 is 2.62 bits per heavy atom. The SMILES string of the molecule is CCC(=O)NC1(C)C=C2C(=CC1)C(C)CC(C)(C)N2CC. The van der Waals surface area contributed by atoms with E-state index < -0.39 is 0 Å². The molecule has 1 aliphatic carbocycles. The number of fused-ring (bicyclic) bond motifs is 1. The van der Waals surface area contributed by atoms with Gasteiger partial charge in [-0.2, -0.15) is 0 Å². The Morgan fingerprint density at radius 1 is 1.38 bits per heavy atom. The molecule has 2 atom stereocenters. The van der Waals surface area contributed by atoms with Crippen LogP contribution in [0.3, 0.4) is 0 Å². The van der Waals surface area contributed by atoms with Gasteiger partial charge in [0.2, 0.25) is 5.91 Å². The maximum atomic E-state index is 11.8. The molecule has 1 aliphatic heterocycles. The van der Waals surface area contributed by atoms with Crippen LogP contribution in [0.25, 0.3) is 0 Å². The molecule has 2 unspecified atom stereocenters. The molecule has 1 saturated heterocycles. The van der Waals surface area contributed by atoms with Gasteiger partial charge >= 0.3 is 0 Å². The van der Waals surface area contributed by atoms with Crippen molar-refractivity contribution in [3.63, 3.8) is 0 Å². The average Bonchev–Trinajstić information content (AvgIpc) is 2.37. The lowest BCUT2D eigenvalue weighted by Gasteiger charge is -2.51. The second-order valence-corrected chi connectivity index (χ2v) is 7.37. The van der Waals surface area contributed by atoms with E-state index in [-0.39, 0.29) is 17.0 Å². The third-order valence-electron chi connectivity index (χ3n) is 4.92. The van der Waals surface area contributed by atoms with Crippen LogP contribution in [0.15, 0.2) is 23.4 Å². The Morgan fingerprint density at radius 2 is 2.05 bits per heavy atom. The van der Waals surface area contributed by atoms with Gasteiger partial charge in [-0.15, -0.1) is 0 Å². The summed E-state index contributed by atoms with van der Waals surface area (Å²) in [4.78, 5) is 14.3. The quantitative estimate of drug-likeness (QED) is 0.861. The van der Waals surface area contributed by atoms with E-state index in [1.165, 1.54) is 17.7 Å². The summed E-state index contributed by atoms with van der Waals surface area (Å²) in [5, 5.41) is 3.18. The average molecular weight is 290 g/mol. The maximum Gasteiger partial charge on any atom is 0.220 e. The first-order valence-electron chi connectivity index (χ1n) is 8.24. The van der Waals surface area contributed by atoms with Crippen molar-refractivity contribution in [3.8, 4) is 0 Å². The number of amides is 1. The van der Waals surface area contributed by atoms with E-state index in [1.807, 2.05) is 6.92 Å². The van der Waals surface area contributed by atoms with E-state index in [9.17, 15) is 4.79 Å². The van der Waals surface area contributed by atoms with Crippen molar-refractivity contribution >= 4 is 5.91 Å². The van der Waals surface area contributed by atoms with Crippen LogP contribution in [0.5, 0.6) is 0 Å². The number of carbonyl (C=O) groups excluding carboxylic acids is 1. The molecular formula is C18H30N2O. The van der Waals surface area contributed by atoms with Crippen molar-refractivity contribution in [2.24, 2.45) is 5.92 Å². The molecule has 3 nitrogen and oxygen atoms in total. The highest BCUT2D eigenvalue weighted by atomic mass is 16.1. The van der Waals surface area contributed by atoms with Gasteiger partial charge in [-0.1, -0.05) is 19.9 Å². The molecule has 0 aromatic heterocycles. The second-order valence-electron chi connectivity index (χ2n) is 7.37. The van der Waals surface area contributed by atoms with Crippen LogP contribution in [0, 0.1) is 5.92 Å². The first-order valence-corrected chi connectivity index (χ1v) is 8.24. The van der Waals surface area contributed by atoms with Crippen molar-refractivity contribution in [3.05, 3.63) is 23.4 Å². The molecule has 0 spiro atoms. The van der Waals surface area contributed by atoms with Crippen LogP contribution in [0.2, 0.25) is 0 Å². The van der Waals surface area contributed by atoms with Gasteiger partial charge in [0.05, 0.1) is 5.54 Å². The highest BCUT2D eigenvalue weighted by Crippen LogP contribution is 2.44. The summed E-state index contributed by atoms with van der Waals surface area (Å²) in [5.41, 5.74) is 2.70. The zero-order valence-electron chi connectivity index (χ0n) is 14.4. The number of carbonyl (C=O) groups is 1. The van der Waals surface area contributed by atoms with Gasteiger partial charge < -0.3 is 10.2 Å². The van der Waals surface area contributed by atoms with E-state index in [4.69, 9.17) is 0 Å². The molecule has 3 heteroatoms. The normalized spacial score (nSPS) is 31.1. The van der Waals surface area contributed by atoms with E-state index in [0.717, 1.165) is 13.0 Å². The second kappa shape index (κ2) is 5.51. The number of hydrogen-bond donors (Lipinski definition) is 1. The number of likely N-dealkylation sites (tertiary alicyclic amines) is 1. The van der Waals surface area contributed by atoms with Gasteiger partial charge in [-0.3, -0.25) is 4.79 Å². The van der Waals surface area contributed by atoms with Crippen LogP contribution in [-0.4, -0.2) is 28.4 Å². The molecule has 0 aromatic rings. The Balaban J connectivity index is 2.37. The van der Waals surface area contributed by atoms with E-state index in [1.54, 1.807) is 0 Å². The Kier molecular flexibility index (Phi) is 4.23. The molecule has 21 heavy (non-hydrogen) atoms. The monoisotopic (exact) mass is 290 g/mol. The molecule has 0 bridgehead atoms. The molecule has 1 fully saturated rings. The molecule has 2 rings (SSSR count). The van der Waals surface area contributed by atoms with Crippen LogP contribution in [-0.2, 0) is 4.79 Å². The number of piperidine rings is 1. The zero-order chi connectivity index (χ0) is 15.8. The predicted molar refractivity (Wildman–Crippen MR) is 87.9 cm³/mol. The lowest BCUT2D eigenvalue weighted by molar-refractivity contribution is -0.122. The number of nitrogens with zero attached hydrogens (tertiary/aromatic N) is 1. The predicted octanol–water partition coefficient (Wildman–Crippen LogP) is 3.63. The summed E-state index contributed by atoms with van der Waals surface area (Å²) >= 11 is 0. The maximum absolute atomic E-state index is 11.8. The molecule has 1 N–H and O–H groups in total. The van der Waals surface area contributed by atoms with Gasteiger partial charge in [0.15, 0.2) is 0 Å². The molecular weight excluding hydrogens is 260 g/mol.